The minimum Gasteiger partial charge on any atom is -0.384 e. The summed E-state index contributed by atoms with van der Waals surface area (Å²) in [5.74, 6) is 0.400. The molecule has 1 N–H and O–H groups in total. The number of rotatable bonds is 3. The van der Waals surface area contributed by atoms with Crippen LogP contribution in [0.2, 0.25) is 0 Å². The van der Waals surface area contributed by atoms with Crippen molar-refractivity contribution in [2.45, 2.75) is 25.9 Å². The van der Waals surface area contributed by atoms with Crippen LogP contribution in [-0.2, 0) is 0 Å². The summed E-state index contributed by atoms with van der Waals surface area (Å²) in [7, 11) is 0. The zero-order chi connectivity index (χ0) is 14.1. The number of aromatic nitrogens is 2. The number of benzene rings is 1. The average Bonchev–Trinajstić information content (AvgIpc) is 2.90. The molecule has 3 nitrogen and oxygen atoms in total. The summed E-state index contributed by atoms with van der Waals surface area (Å²) in [6, 6.07) is 13.6. The van der Waals surface area contributed by atoms with Gasteiger partial charge in [-0.1, -0.05) is 50.2 Å². The van der Waals surface area contributed by atoms with Crippen molar-refractivity contribution < 1.29 is 5.11 Å². The van der Waals surface area contributed by atoms with E-state index >= 15 is 0 Å². The van der Waals surface area contributed by atoms with Gasteiger partial charge in [0.2, 0.25) is 0 Å². The Balaban J connectivity index is 2.00. The molecule has 0 saturated heterocycles. The summed E-state index contributed by atoms with van der Waals surface area (Å²) in [6.45, 7) is 4.25. The number of pyridine rings is 1. The van der Waals surface area contributed by atoms with E-state index in [1.807, 2.05) is 59.3 Å². The zero-order valence-corrected chi connectivity index (χ0v) is 11.7. The van der Waals surface area contributed by atoms with Crippen LogP contribution in [0.3, 0.4) is 0 Å². The number of aliphatic hydroxyl groups is 1. The molecule has 0 aliphatic heterocycles. The van der Waals surface area contributed by atoms with Crippen molar-refractivity contribution in [3.05, 3.63) is 71.7 Å². The van der Waals surface area contributed by atoms with E-state index in [1.54, 1.807) is 0 Å². The number of hydrogen-bond donors (Lipinski definition) is 1. The molecule has 3 aromatic rings. The van der Waals surface area contributed by atoms with Gasteiger partial charge in [-0.3, -0.25) is 0 Å². The molecule has 2 aromatic heterocycles. The van der Waals surface area contributed by atoms with Gasteiger partial charge in [0.05, 0.1) is 5.69 Å². The van der Waals surface area contributed by atoms with Gasteiger partial charge >= 0.3 is 0 Å². The summed E-state index contributed by atoms with van der Waals surface area (Å²) in [5.41, 5.74) is 3.75. The highest BCUT2D eigenvalue weighted by Gasteiger charge is 2.12. The molecule has 0 bridgehead atoms. The van der Waals surface area contributed by atoms with Gasteiger partial charge < -0.3 is 9.51 Å². The van der Waals surface area contributed by atoms with Crippen molar-refractivity contribution in [2.75, 3.05) is 0 Å². The van der Waals surface area contributed by atoms with E-state index in [0.717, 1.165) is 22.5 Å². The first-order chi connectivity index (χ1) is 9.65. The van der Waals surface area contributed by atoms with Gasteiger partial charge in [0.25, 0.3) is 0 Å². The van der Waals surface area contributed by atoms with Crippen molar-refractivity contribution in [3.8, 4) is 0 Å². The lowest BCUT2D eigenvalue weighted by molar-refractivity contribution is 0.220. The summed E-state index contributed by atoms with van der Waals surface area (Å²) in [4.78, 5) is 4.57. The molecular formula is C17H18N2O. The predicted molar refractivity (Wildman–Crippen MR) is 79.8 cm³/mol. The molecule has 3 rings (SSSR count). The second-order valence-corrected chi connectivity index (χ2v) is 5.36. The van der Waals surface area contributed by atoms with E-state index in [2.05, 4.69) is 18.8 Å². The van der Waals surface area contributed by atoms with Gasteiger partial charge in [-0.05, 0) is 17.5 Å². The lowest BCUT2D eigenvalue weighted by atomic mass is 10.0. The fourth-order valence-electron chi connectivity index (χ4n) is 2.30. The maximum atomic E-state index is 10.4. The molecule has 0 amide bonds. The number of imidazole rings is 1. The van der Waals surface area contributed by atoms with Crippen LogP contribution in [0.4, 0.5) is 0 Å². The maximum absolute atomic E-state index is 10.4. The van der Waals surface area contributed by atoms with Crippen molar-refractivity contribution in [1.29, 1.82) is 0 Å². The fourth-order valence-corrected chi connectivity index (χ4v) is 2.30. The third-order valence-electron chi connectivity index (χ3n) is 3.52. The van der Waals surface area contributed by atoms with Gasteiger partial charge in [-0.25, -0.2) is 4.98 Å². The summed E-state index contributed by atoms with van der Waals surface area (Å²) >= 11 is 0. The summed E-state index contributed by atoms with van der Waals surface area (Å²) < 4.78 is 1.98. The van der Waals surface area contributed by atoms with Crippen LogP contribution < -0.4 is 0 Å². The van der Waals surface area contributed by atoms with E-state index in [-0.39, 0.29) is 0 Å². The van der Waals surface area contributed by atoms with Crippen LogP contribution in [0.15, 0.2) is 54.9 Å². The van der Waals surface area contributed by atoms with Crippen LogP contribution >= 0.6 is 0 Å². The molecular weight excluding hydrogens is 248 g/mol. The van der Waals surface area contributed by atoms with Crippen molar-refractivity contribution >= 4 is 5.65 Å². The molecule has 3 heteroatoms. The quantitative estimate of drug-likeness (QED) is 0.787. The van der Waals surface area contributed by atoms with Crippen LogP contribution in [0.1, 0.15) is 42.7 Å². The Morgan fingerprint density at radius 3 is 2.40 bits per heavy atom. The van der Waals surface area contributed by atoms with Crippen molar-refractivity contribution in [1.82, 2.24) is 9.38 Å². The predicted octanol–water partition coefficient (Wildman–Crippen LogP) is 3.54. The van der Waals surface area contributed by atoms with Crippen LogP contribution in [-0.4, -0.2) is 14.5 Å². The smallest absolute Gasteiger partial charge is 0.137 e. The first-order valence-corrected chi connectivity index (χ1v) is 6.86. The Morgan fingerprint density at radius 2 is 1.70 bits per heavy atom. The number of nitrogens with zero attached hydrogens (tertiary/aromatic N) is 2. The molecule has 0 saturated carbocycles. The minimum absolute atomic E-state index is 0.400. The molecule has 0 fully saturated rings. The van der Waals surface area contributed by atoms with E-state index in [4.69, 9.17) is 0 Å². The second-order valence-electron chi connectivity index (χ2n) is 5.36. The molecule has 0 spiro atoms. The van der Waals surface area contributed by atoms with Crippen LogP contribution in [0.25, 0.3) is 5.65 Å². The maximum Gasteiger partial charge on any atom is 0.137 e. The standard InChI is InChI=1S/C17H18N2O/c1-12(2)15-11-19-10-14(8-9-16(19)18-15)17(20)13-6-4-3-5-7-13/h3-12,17,20H,1-2H3. The van der Waals surface area contributed by atoms with Crippen molar-refractivity contribution in [3.63, 3.8) is 0 Å². The van der Waals surface area contributed by atoms with Crippen molar-refractivity contribution in [2.24, 2.45) is 0 Å². The van der Waals surface area contributed by atoms with Gasteiger partial charge in [-0.2, -0.15) is 0 Å². The normalized spacial score (nSPS) is 13.0. The van der Waals surface area contributed by atoms with Gasteiger partial charge in [0.15, 0.2) is 0 Å². The lowest BCUT2D eigenvalue weighted by Crippen LogP contribution is -2.00. The lowest BCUT2D eigenvalue weighted by Gasteiger charge is -2.11. The zero-order valence-electron chi connectivity index (χ0n) is 11.7. The Kier molecular flexibility index (Phi) is 3.28. The monoisotopic (exact) mass is 266 g/mol. The highest BCUT2D eigenvalue weighted by atomic mass is 16.3. The minimum atomic E-state index is -0.606. The third-order valence-corrected chi connectivity index (χ3v) is 3.52. The Labute approximate surface area is 118 Å². The molecule has 1 atom stereocenters. The van der Waals surface area contributed by atoms with Gasteiger partial charge in [0, 0.05) is 18.0 Å². The topological polar surface area (TPSA) is 37.5 Å². The Hall–Kier alpha value is -2.13. The highest BCUT2D eigenvalue weighted by Crippen LogP contribution is 2.23. The van der Waals surface area contributed by atoms with Crippen LogP contribution in [0.5, 0.6) is 0 Å². The van der Waals surface area contributed by atoms with Gasteiger partial charge in [0.1, 0.15) is 11.8 Å². The van der Waals surface area contributed by atoms with Gasteiger partial charge in [-0.15, -0.1) is 0 Å². The highest BCUT2D eigenvalue weighted by molar-refractivity contribution is 5.43. The van der Waals surface area contributed by atoms with Crippen LogP contribution in [0, 0.1) is 0 Å². The molecule has 0 aliphatic carbocycles. The molecule has 0 radical (unpaired) electrons. The number of hydrogen-bond acceptors (Lipinski definition) is 2. The fraction of sp³-hybridized carbons (Fsp3) is 0.235. The molecule has 1 unspecified atom stereocenters. The summed E-state index contributed by atoms with van der Waals surface area (Å²) in [5, 5.41) is 10.4. The first-order valence-electron chi connectivity index (χ1n) is 6.86. The second kappa shape index (κ2) is 5.10. The largest absolute Gasteiger partial charge is 0.384 e. The van der Waals surface area contributed by atoms with E-state index in [9.17, 15) is 5.11 Å². The number of aliphatic hydroxyl groups excluding tert-OH is 1. The molecule has 0 aliphatic rings. The van der Waals surface area contributed by atoms with E-state index in [0.29, 0.717) is 5.92 Å². The number of fused-ring (bicyclic) bond motifs is 1. The summed E-state index contributed by atoms with van der Waals surface area (Å²) in [6.07, 6.45) is 3.37. The third kappa shape index (κ3) is 2.32. The Morgan fingerprint density at radius 1 is 0.950 bits per heavy atom. The molecule has 1 aromatic carbocycles. The van der Waals surface area contributed by atoms with E-state index < -0.39 is 6.10 Å². The average molecular weight is 266 g/mol. The molecule has 2 heterocycles. The SMILES string of the molecule is CC(C)c1cn2cc(C(O)c3ccccc3)ccc2n1. The molecule has 20 heavy (non-hydrogen) atoms. The Bertz CT molecular complexity index is 716. The molecule has 102 valence electrons. The van der Waals surface area contributed by atoms with E-state index in [1.165, 1.54) is 0 Å². The first kappa shape index (κ1) is 12.9.